The van der Waals surface area contributed by atoms with E-state index < -0.39 is 23.3 Å². The molecule has 1 unspecified atom stereocenters. The number of carbonyl (C=O) groups excluding carboxylic acids is 1. The fourth-order valence-corrected chi connectivity index (χ4v) is 6.65. The minimum Gasteiger partial charge on any atom is -0.493 e. The van der Waals surface area contributed by atoms with Crippen molar-refractivity contribution in [3.8, 4) is 17.1 Å². The van der Waals surface area contributed by atoms with Gasteiger partial charge in [0.2, 0.25) is 5.91 Å². The Bertz CT molecular complexity index is 1790. The standard InChI is InChI=1S/C44H56ClF3N4O3/c1-2-3-4-5-6-7-8-9-10-11-12-14-20-35(34-55-40-24-15-13-16-25-40)21-17-18-30-51-42(37-26-28-39(45)29-27-37)50-52(43(51)54)33-41(53)49-32-36-22-19-23-38(31-36)44(46,47)48/h9-10,13,15-16,19,22-29,31,35H,2-8,11-12,14,17-18,20-21,30,32-34H2,1H3,(H,49,53)/b10-9-. The number of hydrogen-bond acceptors (Lipinski definition) is 4. The number of hydrogen-bond donors (Lipinski definition) is 1. The van der Waals surface area contributed by atoms with E-state index in [4.69, 9.17) is 16.3 Å². The quantitative estimate of drug-likeness (QED) is 0.0537. The lowest BCUT2D eigenvalue weighted by atomic mass is 9.96. The molecule has 0 bridgehead atoms. The summed E-state index contributed by atoms with van der Waals surface area (Å²) in [5.74, 6) is 1.10. The Morgan fingerprint density at radius 3 is 2.24 bits per heavy atom. The zero-order chi connectivity index (χ0) is 39.3. The maximum Gasteiger partial charge on any atom is 0.416 e. The fraction of sp³-hybridized carbons (Fsp3) is 0.477. The number of nitrogens with one attached hydrogen (secondary N) is 1. The van der Waals surface area contributed by atoms with Crippen molar-refractivity contribution < 1.29 is 22.7 Å². The van der Waals surface area contributed by atoms with Gasteiger partial charge >= 0.3 is 11.9 Å². The van der Waals surface area contributed by atoms with E-state index in [2.05, 4.69) is 29.5 Å². The third-order valence-electron chi connectivity index (χ3n) is 9.66. The fourth-order valence-electron chi connectivity index (χ4n) is 6.53. The van der Waals surface area contributed by atoms with Crippen molar-refractivity contribution >= 4 is 17.5 Å². The molecule has 4 rings (SSSR count). The van der Waals surface area contributed by atoms with Crippen molar-refractivity contribution in [1.29, 1.82) is 0 Å². The highest BCUT2D eigenvalue weighted by molar-refractivity contribution is 6.30. The van der Waals surface area contributed by atoms with Crippen LogP contribution in [0.2, 0.25) is 5.02 Å². The lowest BCUT2D eigenvalue weighted by Crippen LogP contribution is -2.33. The Balaban J connectivity index is 1.32. The van der Waals surface area contributed by atoms with Crippen molar-refractivity contribution in [3.05, 3.63) is 118 Å². The number of ether oxygens (including phenoxy) is 1. The van der Waals surface area contributed by atoms with Crippen LogP contribution in [0, 0.1) is 5.92 Å². The van der Waals surface area contributed by atoms with Gasteiger partial charge in [0.25, 0.3) is 0 Å². The van der Waals surface area contributed by atoms with Crippen LogP contribution < -0.4 is 15.7 Å². The average Bonchev–Trinajstić information content (AvgIpc) is 3.48. The second kappa shape index (κ2) is 23.6. The minimum absolute atomic E-state index is 0.118. The maximum atomic E-state index is 13.6. The minimum atomic E-state index is -4.49. The Kier molecular flexibility index (Phi) is 18.6. The first-order chi connectivity index (χ1) is 26.6. The number of amides is 1. The summed E-state index contributed by atoms with van der Waals surface area (Å²) in [4.78, 5) is 26.5. The normalized spacial score (nSPS) is 12.3. The number of benzene rings is 3. The molecule has 0 fully saturated rings. The molecule has 7 nitrogen and oxygen atoms in total. The van der Waals surface area contributed by atoms with Gasteiger partial charge in [-0.15, -0.1) is 5.10 Å². The van der Waals surface area contributed by atoms with Gasteiger partial charge in [-0.05, 0) is 105 Å². The summed E-state index contributed by atoms with van der Waals surface area (Å²) in [6.45, 7) is 2.78. The second-order valence-electron chi connectivity index (χ2n) is 14.2. The molecule has 1 atom stereocenters. The van der Waals surface area contributed by atoms with Crippen LogP contribution in [-0.2, 0) is 30.6 Å². The summed E-state index contributed by atoms with van der Waals surface area (Å²) in [5, 5.41) is 7.67. The highest BCUT2D eigenvalue weighted by Crippen LogP contribution is 2.29. The summed E-state index contributed by atoms with van der Waals surface area (Å²) in [6.07, 6.45) is 16.2. The smallest absolute Gasteiger partial charge is 0.416 e. The van der Waals surface area contributed by atoms with Gasteiger partial charge in [-0.3, -0.25) is 9.36 Å². The Morgan fingerprint density at radius 2 is 1.53 bits per heavy atom. The van der Waals surface area contributed by atoms with E-state index in [0.29, 0.717) is 41.0 Å². The zero-order valence-corrected chi connectivity index (χ0v) is 32.8. The van der Waals surface area contributed by atoms with Crippen LogP contribution in [0.5, 0.6) is 5.75 Å². The monoisotopic (exact) mass is 780 g/mol. The largest absolute Gasteiger partial charge is 0.493 e. The maximum absolute atomic E-state index is 13.6. The van der Waals surface area contributed by atoms with Crippen molar-refractivity contribution in [2.24, 2.45) is 5.92 Å². The molecule has 0 aliphatic carbocycles. The Labute approximate surface area is 328 Å². The molecule has 11 heteroatoms. The molecule has 1 aromatic heterocycles. The molecule has 4 aromatic rings. The topological polar surface area (TPSA) is 78.2 Å². The summed E-state index contributed by atoms with van der Waals surface area (Å²) in [5.41, 5.74) is -0.253. The number of aromatic nitrogens is 3. The lowest BCUT2D eigenvalue weighted by molar-refractivity contribution is -0.137. The first kappa shape index (κ1) is 43.4. The third-order valence-corrected chi connectivity index (χ3v) is 9.91. The number of alkyl halides is 3. The predicted octanol–water partition coefficient (Wildman–Crippen LogP) is 11.4. The summed E-state index contributed by atoms with van der Waals surface area (Å²) >= 11 is 6.14. The van der Waals surface area contributed by atoms with Crippen LogP contribution in [0.15, 0.2) is 95.8 Å². The Morgan fingerprint density at radius 1 is 0.855 bits per heavy atom. The molecule has 0 aliphatic heterocycles. The highest BCUT2D eigenvalue weighted by atomic mass is 35.5. The molecule has 0 radical (unpaired) electrons. The molecule has 0 spiro atoms. The molecular formula is C44H56ClF3N4O3. The first-order valence-electron chi connectivity index (χ1n) is 19.8. The van der Waals surface area contributed by atoms with Crippen LogP contribution in [0.3, 0.4) is 0 Å². The van der Waals surface area contributed by atoms with Crippen molar-refractivity contribution in [2.75, 3.05) is 6.61 Å². The molecule has 0 saturated heterocycles. The summed E-state index contributed by atoms with van der Waals surface area (Å²) in [6, 6.07) is 21.6. The molecule has 0 aliphatic rings. The molecular weight excluding hydrogens is 725 g/mol. The van der Waals surface area contributed by atoms with Crippen LogP contribution in [0.4, 0.5) is 13.2 Å². The molecule has 0 saturated carbocycles. The lowest BCUT2D eigenvalue weighted by Gasteiger charge is -2.18. The van der Waals surface area contributed by atoms with Gasteiger partial charge < -0.3 is 10.1 Å². The highest BCUT2D eigenvalue weighted by Gasteiger charge is 2.30. The summed E-state index contributed by atoms with van der Waals surface area (Å²) in [7, 11) is 0. The molecule has 1 heterocycles. The predicted molar refractivity (Wildman–Crippen MR) is 215 cm³/mol. The second-order valence-corrected chi connectivity index (χ2v) is 14.6. The number of halogens is 4. The number of rotatable bonds is 25. The molecule has 3 aromatic carbocycles. The third kappa shape index (κ3) is 15.8. The number of carbonyl (C=O) groups is 1. The number of allylic oxidation sites excluding steroid dienone is 2. The molecule has 298 valence electrons. The van der Waals surface area contributed by atoms with Gasteiger partial charge in [-0.1, -0.05) is 106 Å². The van der Waals surface area contributed by atoms with E-state index in [1.165, 1.54) is 50.7 Å². The van der Waals surface area contributed by atoms with E-state index in [9.17, 15) is 22.8 Å². The average molecular weight is 781 g/mol. The molecule has 1 amide bonds. The number of unbranched alkanes of at least 4 members (excludes halogenated alkanes) is 9. The van der Waals surface area contributed by atoms with Gasteiger partial charge in [0.1, 0.15) is 12.3 Å². The van der Waals surface area contributed by atoms with Crippen molar-refractivity contribution in [2.45, 2.75) is 123 Å². The van der Waals surface area contributed by atoms with Crippen LogP contribution >= 0.6 is 11.6 Å². The molecule has 55 heavy (non-hydrogen) atoms. The van der Waals surface area contributed by atoms with Gasteiger partial charge in [0, 0.05) is 23.7 Å². The SMILES string of the molecule is CCCCCCCC/C=C\CCCCC(CCCCn1c(-c2ccc(Cl)cc2)nn(CC(=O)NCc2cccc(C(F)(F)F)c2)c1=O)COc1ccccc1. The number of nitrogens with zero attached hydrogens (tertiary/aromatic N) is 3. The number of para-hydroxylation sites is 1. The van der Waals surface area contributed by atoms with E-state index in [0.717, 1.165) is 73.9 Å². The summed E-state index contributed by atoms with van der Waals surface area (Å²) < 4.78 is 48.3. The van der Waals surface area contributed by atoms with Crippen molar-refractivity contribution in [3.63, 3.8) is 0 Å². The van der Waals surface area contributed by atoms with Crippen LogP contribution in [-0.4, -0.2) is 26.9 Å². The first-order valence-corrected chi connectivity index (χ1v) is 20.2. The van der Waals surface area contributed by atoms with Crippen LogP contribution in [0.1, 0.15) is 108 Å². The van der Waals surface area contributed by atoms with Gasteiger partial charge in [-0.25, -0.2) is 9.48 Å². The van der Waals surface area contributed by atoms with E-state index in [1.807, 2.05) is 30.3 Å². The van der Waals surface area contributed by atoms with Gasteiger partial charge in [0.15, 0.2) is 5.82 Å². The Hall–Kier alpha value is -4.31. The zero-order valence-electron chi connectivity index (χ0n) is 32.0. The molecule has 1 N–H and O–H groups in total. The van der Waals surface area contributed by atoms with E-state index in [-0.39, 0.29) is 13.1 Å². The van der Waals surface area contributed by atoms with Crippen LogP contribution in [0.25, 0.3) is 11.4 Å². The van der Waals surface area contributed by atoms with E-state index in [1.54, 1.807) is 28.8 Å². The van der Waals surface area contributed by atoms with Crippen molar-refractivity contribution in [1.82, 2.24) is 19.7 Å². The van der Waals surface area contributed by atoms with Gasteiger partial charge in [-0.2, -0.15) is 13.2 Å². The van der Waals surface area contributed by atoms with E-state index >= 15 is 0 Å². The van der Waals surface area contributed by atoms with Gasteiger partial charge in [0.05, 0.1) is 12.2 Å².